The number of aromatic carboxylic acids is 1. The molecule has 1 aromatic carbocycles. The molecule has 1 amide bonds. The summed E-state index contributed by atoms with van der Waals surface area (Å²) < 4.78 is 0. The molecule has 3 rings (SSSR count). The average molecular weight is 274 g/mol. The third-order valence-electron chi connectivity index (χ3n) is 3.99. The number of nitrogens with zero attached hydrogens (tertiary/aromatic N) is 1. The van der Waals surface area contributed by atoms with Crippen molar-refractivity contribution in [1.82, 2.24) is 10.2 Å². The number of carbonyl (C=O) groups excluding carboxylic acids is 1. The van der Waals surface area contributed by atoms with Crippen LogP contribution in [-0.2, 0) is 0 Å². The molecule has 0 spiro atoms. The summed E-state index contributed by atoms with van der Waals surface area (Å²) >= 11 is 0. The predicted octanol–water partition coefficient (Wildman–Crippen LogP) is 1.35. The van der Waals surface area contributed by atoms with Gasteiger partial charge in [-0.05, 0) is 37.5 Å². The Kier molecular flexibility index (Phi) is 3.44. The molecule has 0 aromatic heterocycles. The van der Waals surface area contributed by atoms with Gasteiger partial charge in [-0.15, -0.1) is 0 Å². The molecule has 2 N–H and O–H groups in total. The normalized spacial score (nSPS) is 22.7. The van der Waals surface area contributed by atoms with Crippen LogP contribution < -0.4 is 5.32 Å². The van der Waals surface area contributed by atoms with Crippen LogP contribution in [0.4, 0.5) is 0 Å². The molecule has 5 heteroatoms. The minimum Gasteiger partial charge on any atom is -0.478 e. The zero-order valence-electron chi connectivity index (χ0n) is 11.2. The first-order valence-corrected chi connectivity index (χ1v) is 7.02. The van der Waals surface area contributed by atoms with Crippen molar-refractivity contribution >= 4 is 11.9 Å². The maximum absolute atomic E-state index is 12.1. The highest BCUT2D eigenvalue weighted by Gasteiger charge is 2.34. The van der Waals surface area contributed by atoms with E-state index in [9.17, 15) is 9.59 Å². The SMILES string of the molecule is O=C(O)c1cccc(C(=O)NC2CCN(C3CC3)C2)c1. The summed E-state index contributed by atoms with van der Waals surface area (Å²) in [5.41, 5.74) is 0.554. The molecule has 1 saturated heterocycles. The smallest absolute Gasteiger partial charge is 0.335 e. The third kappa shape index (κ3) is 2.82. The maximum atomic E-state index is 12.1. The first-order chi connectivity index (χ1) is 9.63. The second-order valence-electron chi connectivity index (χ2n) is 5.57. The quantitative estimate of drug-likeness (QED) is 0.869. The van der Waals surface area contributed by atoms with Crippen LogP contribution in [-0.4, -0.2) is 47.1 Å². The van der Waals surface area contributed by atoms with Crippen LogP contribution in [0, 0.1) is 0 Å². The van der Waals surface area contributed by atoms with Gasteiger partial charge in [0.15, 0.2) is 0 Å². The van der Waals surface area contributed by atoms with Gasteiger partial charge in [0.25, 0.3) is 5.91 Å². The second kappa shape index (κ2) is 5.25. The molecule has 1 aliphatic heterocycles. The van der Waals surface area contributed by atoms with Crippen LogP contribution in [0.25, 0.3) is 0 Å². The highest BCUT2D eigenvalue weighted by atomic mass is 16.4. The lowest BCUT2D eigenvalue weighted by Crippen LogP contribution is -2.37. The van der Waals surface area contributed by atoms with Crippen molar-refractivity contribution in [2.45, 2.75) is 31.3 Å². The molecule has 1 saturated carbocycles. The lowest BCUT2D eigenvalue weighted by molar-refractivity contribution is 0.0697. The van der Waals surface area contributed by atoms with Crippen LogP contribution in [0.2, 0.25) is 0 Å². The van der Waals surface area contributed by atoms with Gasteiger partial charge >= 0.3 is 5.97 Å². The lowest BCUT2D eigenvalue weighted by Gasteiger charge is -2.15. The number of nitrogens with one attached hydrogen (secondary N) is 1. The van der Waals surface area contributed by atoms with Crippen molar-refractivity contribution in [3.8, 4) is 0 Å². The van der Waals surface area contributed by atoms with Gasteiger partial charge in [-0.3, -0.25) is 9.69 Å². The van der Waals surface area contributed by atoms with E-state index in [1.54, 1.807) is 12.1 Å². The molecule has 1 aliphatic carbocycles. The van der Waals surface area contributed by atoms with Crippen LogP contribution in [0.15, 0.2) is 24.3 Å². The Morgan fingerprint density at radius 3 is 2.65 bits per heavy atom. The van der Waals surface area contributed by atoms with Crippen LogP contribution in [0.5, 0.6) is 0 Å². The van der Waals surface area contributed by atoms with Gasteiger partial charge in [-0.1, -0.05) is 6.07 Å². The summed E-state index contributed by atoms with van der Waals surface area (Å²) in [6.45, 7) is 1.96. The van der Waals surface area contributed by atoms with Gasteiger partial charge in [0.2, 0.25) is 0 Å². The van der Waals surface area contributed by atoms with E-state index in [0.717, 1.165) is 25.6 Å². The maximum Gasteiger partial charge on any atom is 0.335 e. The van der Waals surface area contributed by atoms with Gasteiger partial charge in [0, 0.05) is 30.7 Å². The van der Waals surface area contributed by atoms with E-state index in [1.165, 1.54) is 25.0 Å². The van der Waals surface area contributed by atoms with Crippen LogP contribution >= 0.6 is 0 Å². The fourth-order valence-corrected chi connectivity index (χ4v) is 2.74. The van der Waals surface area contributed by atoms with E-state index in [0.29, 0.717) is 5.56 Å². The van der Waals surface area contributed by atoms with E-state index in [2.05, 4.69) is 10.2 Å². The van der Waals surface area contributed by atoms with Crippen molar-refractivity contribution in [3.63, 3.8) is 0 Å². The number of amides is 1. The molecule has 20 heavy (non-hydrogen) atoms. The Labute approximate surface area is 117 Å². The van der Waals surface area contributed by atoms with Crippen molar-refractivity contribution in [2.75, 3.05) is 13.1 Å². The summed E-state index contributed by atoms with van der Waals surface area (Å²) in [5, 5.41) is 11.9. The average Bonchev–Trinajstić information content (AvgIpc) is 3.20. The Bertz CT molecular complexity index is 540. The molecule has 2 fully saturated rings. The van der Waals surface area contributed by atoms with Gasteiger partial charge in [-0.25, -0.2) is 4.79 Å². The molecule has 1 unspecified atom stereocenters. The number of hydrogen-bond acceptors (Lipinski definition) is 3. The highest BCUT2D eigenvalue weighted by molar-refractivity contribution is 5.97. The number of carboxylic acids is 1. The van der Waals surface area contributed by atoms with E-state index in [4.69, 9.17) is 5.11 Å². The van der Waals surface area contributed by atoms with E-state index >= 15 is 0 Å². The molecule has 0 radical (unpaired) electrons. The Hall–Kier alpha value is -1.88. The molecular formula is C15H18N2O3. The Balaban J connectivity index is 1.61. The van der Waals surface area contributed by atoms with E-state index < -0.39 is 5.97 Å². The zero-order valence-corrected chi connectivity index (χ0v) is 11.2. The zero-order chi connectivity index (χ0) is 14.1. The number of carboxylic acid groups (broad SMARTS) is 1. The first kappa shape index (κ1) is 13.1. The molecule has 0 bridgehead atoms. The summed E-state index contributed by atoms with van der Waals surface area (Å²) in [4.78, 5) is 25.5. The summed E-state index contributed by atoms with van der Waals surface area (Å²) in [7, 11) is 0. The van der Waals surface area contributed by atoms with Gasteiger partial charge in [-0.2, -0.15) is 0 Å². The van der Waals surface area contributed by atoms with Gasteiger partial charge in [0.05, 0.1) is 5.56 Å². The van der Waals surface area contributed by atoms with E-state index in [-0.39, 0.29) is 17.5 Å². The summed E-state index contributed by atoms with van der Waals surface area (Å²) in [5.74, 6) is -1.20. The monoisotopic (exact) mass is 274 g/mol. The standard InChI is InChI=1S/C15H18N2O3/c18-14(10-2-1-3-11(8-10)15(19)20)16-12-6-7-17(9-12)13-4-5-13/h1-3,8,12-13H,4-7,9H2,(H,16,18)(H,19,20). The minimum atomic E-state index is -1.01. The van der Waals surface area contributed by atoms with Crippen molar-refractivity contribution in [3.05, 3.63) is 35.4 Å². The number of likely N-dealkylation sites (tertiary alicyclic amines) is 1. The van der Waals surface area contributed by atoms with Crippen molar-refractivity contribution in [2.24, 2.45) is 0 Å². The first-order valence-electron chi connectivity index (χ1n) is 7.02. The number of rotatable bonds is 4. The van der Waals surface area contributed by atoms with Crippen molar-refractivity contribution in [1.29, 1.82) is 0 Å². The Morgan fingerprint density at radius 1 is 1.20 bits per heavy atom. The van der Waals surface area contributed by atoms with Crippen LogP contribution in [0.3, 0.4) is 0 Å². The van der Waals surface area contributed by atoms with Gasteiger partial charge < -0.3 is 10.4 Å². The number of benzene rings is 1. The lowest BCUT2D eigenvalue weighted by atomic mass is 10.1. The number of hydrogen-bond donors (Lipinski definition) is 2. The topological polar surface area (TPSA) is 69.6 Å². The summed E-state index contributed by atoms with van der Waals surface area (Å²) in [6, 6.07) is 7.07. The second-order valence-corrected chi connectivity index (χ2v) is 5.57. The predicted molar refractivity (Wildman–Crippen MR) is 73.9 cm³/mol. The van der Waals surface area contributed by atoms with Crippen molar-refractivity contribution < 1.29 is 14.7 Å². The molecule has 106 valence electrons. The van der Waals surface area contributed by atoms with E-state index in [1.807, 2.05) is 0 Å². The molecule has 1 aromatic rings. The molecule has 1 heterocycles. The fraction of sp³-hybridized carbons (Fsp3) is 0.467. The minimum absolute atomic E-state index is 0.142. The summed E-state index contributed by atoms with van der Waals surface area (Å²) in [6.07, 6.45) is 3.53. The number of carbonyl (C=O) groups is 2. The van der Waals surface area contributed by atoms with Gasteiger partial charge in [0.1, 0.15) is 0 Å². The fourth-order valence-electron chi connectivity index (χ4n) is 2.74. The highest BCUT2D eigenvalue weighted by Crippen LogP contribution is 2.29. The molecule has 1 atom stereocenters. The third-order valence-corrected chi connectivity index (χ3v) is 3.99. The van der Waals surface area contributed by atoms with Crippen LogP contribution in [0.1, 0.15) is 40.0 Å². The largest absolute Gasteiger partial charge is 0.478 e. The molecular weight excluding hydrogens is 256 g/mol. The molecule has 2 aliphatic rings. The Morgan fingerprint density at radius 2 is 1.95 bits per heavy atom. The molecule has 5 nitrogen and oxygen atoms in total.